The zero-order chi connectivity index (χ0) is 19.3. The van der Waals surface area contributed by atoms with E-state index in [-0.39, 0.29) is 11.9 Å². The third-order valence-corrected chi connectivity index (χ3v) is 6.60. The van der Waals surface area contributed by atoms with Gasteiger partial charge in [-0.1, -0.05) is 35.9 Å². The number of fused-ring (bicyclic) bond motifs is 4. The van der Waals surface area contributed by atoms with Crippen LogP contribution in [0, 0.1) is 6.92 Å². The fourth-order valence-electron chi connectivity index (χ4n) is 4.05. The van der Waals surface area contributed by atoms with Crippen molar-refractivity contribution in [3.8, 4) is 0 Å². The third-order valence-electron chi connectivity index (χ3n) is 5.43. The van der Waals surface area contributed by atoms with Crippen molar-refractivity contribution in [2.24, 2.45) is 0 Å². The lowest BCUT2D eigenvalue weighted by atomic mass is 9.88. The molecule has 28 heavy (non-hydrogen) atoms. The highest BCUT2D eigenvalue weighted by atomic mass is 32.1. The summed E-state index contributed by atoms with van der Waals surface area (Å²) in [4.78, 5) is 25.9. The van der Waals surface area contributed by atoms with Gasteiger partial charge in [0.05, 0.1) is 21.0 Å². The first-order valence-corrected chi connectivity index (χ1v) is 10.3. The highest BCUT2D eigenvalue weighted by Gasteiger charge is 2.23. The molecule has 0 spiro atoms. The van der Waals surface area contributed by atoms with Gasteiger partial charge in [-0.2, -0.15) is 0 Å². The summed E-state index contributed by atoms with van der Waals surface area (Å²) in [6.45, 7) is 2.00. The Hall–Kier alpha value is -2.92. The van der Waals surface area contributed by atoms with Crippen LogP contribution in [0.2, 0.25) is 0 Å². The summed E-state index contributed by atoms with van der Waals surface area (Å²) < 4.78 is 6.25. The standard InChI is InChI=1S/C23H19NO3S/c1-13-9-10-19-16(11-13)21-17(23(26)27-19)12-20(28-21)22(25)24-18-8-4-6-14-5-2-3-7-15(14)18/h2-3,5,7,9-12,18H,4,6,8H2,1H3,(H,24,25)/t18-/m1/s1. The number of thiophene rings is 1. The largest absolute Gasteiger partial charge is 0.422 e. The molecule has 0 fully saturated rings. The van der Waals surface area contributed by atoms with Crippen molar-refractivity contribution in [1.82, 2.24) is 5.32 Å². The second-order valence-electron chi connectivity index (χ2n) is 7.36. The van der Waals surface area contributed by atoms with Crippen molar-refractivity contribution in [1.29, 1.82) is 0 Å². The third kappa shape index (κ3) is 2.83. The Morgan fingerprint density at radius 1 is 1.14 bits per heavy atom. The Balaban J connectivity index is 1.54. The van der Waals surface area contributed by atoms with Gasteiger partial charge in [-0.25, -0.2) is 4.79 Å². The molecule has 4 nitrogen and oxygen atoms in total. The summed E-state index contributed by atoms with van der Waals surface area (Å²) in [5.74, 6) is -0.136. The normalized spacial score (nSPS) is 16.2. The van der Waals surface area contributed by atoms with Crippen LogP contribution in [0.15, 0.2) is 57.7 Å². The molecule has 1 aliphatic carbocycles. The van der Waals surface area contributed by atoms with Gasteiger partial charge in [0.15, 0.2) is 0 Å². The van der Waals surface area contributed by atoms with Crippen molar-refractivity contribution < 1.29 is 9.21 Å². The average Bonchev–Trinajstić information content (AvgIpc) is 3.16. The molecule has 140 valence electrons. The Kier molecular flexibility index (Phi) is 4.05. The number of benzene rings is 2. The van der Waals surface area contributed by atoms with Crippen LogP contribution in [0.25, 0.3) is 21.1 Å². The lowest BCUT2D eigenvalue weighted by Gasteiger charge is -2.26. The van der Waals surface area contributed by atoms with Crippen molar-refractivity contribution in [2.45, 2.75) is 32.2 Å². The smallest absolute Gasteiger partial charge is 0.345 e. The number of carbonyl (C=O) groups is 1. The van der Waals surface area contributed by atoms with Gasteiger partial charge in [0.25, 0.3) is 5.91 Å². The predicted octanol–water partition coefficient (Wildman–Crippen LogP) is 5.12. The van der Waals surface area contributed by atoms with Crippen LogP contribution < -0.4 is 10.9 Å². The van der Waals surface area contributed by atoms with E-state index in [0.29, 0.717) is 15.8 Å². The van der Waals surface area contributed by atoms with E-state index in [4.69, 9.17) is 4.42 Å². The first-order chi connectivity index (χ1) is 13.6. The van der Waals surface area contributed by atoms with Crippen LogP contribution >= 0.6 is 11.3 Å². The molecule has 1 atom stereocenters. The maximum Gasteiger partial charge on any atom is 0.345 e. The SMILES string of the molecule is Cc1ccc2oc(=O)c3cc(C(=O)N[C@@H]4CCCc5ccccc54)sc3c2c1. The molecule has 4 aromatic rings. The maximum atomic E-state index is 13.0. The fraction of sp³-hybridized carbons (Fsp3) is 0.217. The number of amides is 1. The van der Waals surface area contributed by atoms with E-state index in [9.17, 15) is 9.59 Å². The second kappa shape index (κ2) is 6.60. The van der Waals surface area contributed by atoms with Crippen molar-refractivity contribution in [3.63, 3.8) is 0 Å². The maximum absolute atomic E-state index is 13.0. The number of hydrogen-bond donors (Lipinski definition) is 1. The Bertz CT molecular complexity index is 1280. The van der Waals surface area contributed by atoms with E-state index in [1.807, 2.05) is 37.3 Å². The average molecular weight is 389 g/mol. The van der Waals surface area contributed by atoms with Crippen molar-refractivity contribution in [3.05, 3.63) is 80.5 Å². The zero-order valence-corrected chi connectivity index (χ0v) is 16.3. The zero-order valence-electron chi connectivity index (χ0n) is 15.5. The topological polar surface area (TPSA) is 59.3 Å². The molecule has 0 aliphatic heterocycles. The minimum Gasteiger partial charge on any atom is -0.422 e. The van der Waals surface area contributed by atoms with E-state index < -0.39 is 5.63 Å². The van der Waals surface area contributed by atoms with E-state index in [0.717, 1.165) is 34.9 Å². The summed E-state index contributed by atoms with van der Waals surface area (Å²) in [7, 11) is 0. The summed E-state index contributed by atoms with van der Waals surface area (Å²) in [6.07, 6.45) is 3.04. The molecule has 0 unspecified atom stereocenters. The van der Waals surface area contributed by atoms with Crippen LogP contribution in [0.3, 0.4) is 0 Å². The highest BCUT2D eigenvalue weighted by molar-refractivity contribution is 7.21. The quantitative estimate of drug-likeness (QED) is 0.484. The summed E-state index contributed by atoms with van der Waals surface area (Å²) in [6, 6.07) is 15.7. The molecule has 0 saturated heterocycles. The molecular weight excluding hydrogens is 370 g/mol. The number of hydrogen-bond acceptors (Lipinski definition) is 4. The summed E-state index contributed by atoms with van der Waals surface area (Å²) >= 11 is 1.36. The molecule has 0 radical (unpaired) electrons. The second-order valence-corrected chi connectivity index (χ2v) is 8.41. The predicted molar refractivity (Wildman–Crippen MR) is 112 cm³/mol. The number of rotatable bonds is 2. The highest BCUT2D eigenvalue weighted by Crippen LogP contribution is 2.33. The molecule has 5 rings (SSSR count). The molecule has 2 aromatic heterocycles. The molecule has 1 N–H and O–H groups in total. The summed E-state index contributed by atoms with van der Waals surface area (Å²) in [5.41, 5.74) is 3.74. The van der Waals surface area contributed by atoms with Gasteiger partial charge in [0.2, 0.25) is 0 Å². The van der Waals surface area contributed by atoms with E-state index in [1.54, 1.807) is 6.07 Å². The number of carbonyl (C=O) groups excluding carboxylic acids is 1. The van der Waals surface area contributed by atoms with Gasteiger partial charge in [0, 0.05) is 5.39 Å². The minimum absolute atomic E-state index is 0.0121. The lowest BCUT2D eigenvalue weighted by molar-refractivity contribution is 0.0937. The van der Waals surface area contributed by atoms with E-state index in [1.165, 1.54) is 22.5 Å². The van der Waals surface area contributed by atoms with Crippen LogP contribution in [0.1, 0.15) is 45.2 Å². The fourth-order valence-corrected chi connectivity index (χ4v) is 5.12. The van der Waals surface area contributed by atoms with Crippen molar-refractivity contribution >= 4 is 38.3 Å². The molecule has 2 aromatic carbocycles. The molecular formula is C23H19NO3S. The monoisotopic (exact) mass is 389 g/mol. The van der Waals surface area contributed by atoms with E-state index in [2.05, 4.69) is 17.4 Å². The van der Waals surface area contributed by atoms with Crippen LogP contribution in [-0.2, 0) is 6.42 Å². The molecule has 0 bridgehead atoms. The first kappa shape index (κ1) is 17.2. The molecule has 1 aliphatic rings. The number of aryl methyl sites for hydroxylation is 2. The Morgan fingerprint density at radius 2 is 2.00 bits per heavy atom. The Labute approximate surface area is 165 Å². The molecule has 2 heterocycles. The minimum atomic E-state index is -0.398. The Morgan fingerprint density at radius 3 is 2.89 bits per heavy atom. The molecule has 5 heteroatoms. The molecule has 1 amide bonds. The van der Waals surface area contributed by atoms with Gasteiger partial charge in [0.1, 0.15) is 5.58 Å². The number of nitrogens with one attached hydrogen (secondary N) is 1. The van der Waals surface area contributed by atoms with Gasteiger partial charge in [-0.05, 0) is 55.5 Å². The van der Waals surface area contributed by atoms with Gasteiger partial charge in [-0.3, -0.25) is 4.79 Å². The van der Waals surface area contributed by atoms with Crippen LogP contribution in [0.5, 0.6) is 0 Å². The van der Waals surface area contributed by atoms with E-state index >= 15 is 0 Å². The molecule has 0 saturated carbocycles. The van der Waals surface area contributed by atoms with Gasteiger partial charge in [-0.15, -0.1) is 11.3 Å². The van der Waals surface area contributed by atoms with Gasteiger partial charge < -0.3 is 9.73 Å². The first-order valence-electron chi connectivity index (χ1n) is 9.46. The van der Waals surface area contributed by atoms with Crippen molar-refractivity contribution in [2.75, 3.05) is 0 Å². The van der Waals surface area contributed by atoms with Gasteiger partial charge >= 0.3 is 5.63 Å². The van der Waals surface area contributed by atoms with Crippen LogP contribution in [-0.4, -0.2) is 5.91 Å². The summed E-state index contributed by atoms with van der Waals surface area (Å²) in [5, 5.41) is 4.52. The lowest BCUT2D eigenvalue weighted by Crippen LogP contribution is -2.30. The van der Waals surface area contributed by atoms with Crippen LogP contribution in [0.4, 0.5) is 0 Å².